The lowest BCUT2D eigenvalue weighted by molar-refractivity contribution is 0.224. The summed E-state index contributed by atoms with van der Waals surface area (Å²) in [4.78, 5) is 7.36. The van der Waals surface area contributed by atoms with Crippen molar-refractivity contribution in [3.63, 3.8) is 0 Å². The lowest BCUT2D eigenvalue weighted by Crippen LogP contribution is -2.43. The maximum Gasteiger partial charge on any atom is 0.191 e. The number of rotatable bonds is 8. The number of guanidine groups is 1. The summed E-state index contributed by atoms with van der Waals surface area (Å²) in [5, 5.41) is 11.3. The second-order valence-electron chi connectivity index (χ2n) is 5.80. The maximum absolute atomic E-state index is 4.88. The van der Waals surface area contributed by atoms with Gasteiger partial charge >= 0.3 is 0 Å². The summed E-state index contributed by atoms with van der Waals surface area (Å²) in [5.41, 5.74) is 1.38. The van der Waals surface area contributed by atoms with Gasteiger partial charge in [-0.25, -0.2) is 0 Å². The number of hydrogen-bond donors (Lipinski definition) is 2. The first-order valence-corrected chi connectivity index (χ1v) is 9.68. The number of hydrogen-bond acceptors (Lipinski definition) is 3. The Morgan fingerprint density at radius 2 is 2.04 bits per heavy atom. The molecule has 0 aliphatic heterocycles. The molecule has 0 amide bonds. The average molecular weight is 335 g/mol. The minimum absolute atomic E-state index is 0.355. The van der Waals surface area contributed by atoms with Crippen LogP contribution in [-0.2, 0) is 0 Å². The maximum atomic E-state index is 4.88. The second kappa shape index (κ2) is 9.73. The Morgan fingerprint density at radius 3 is 2.61 bits per heavy atom. The van der Waals surface area contributed by atoms with Gasteiger partial charge in [-0.1, -0.05) is 26.0 Å². The first-order valence-electron chi connectivity index (χ1n) is 8.74. The van der Waals surface area contributed by atoms with Crippen LogP contribution in [0.25, 0.3) is 0 Å². The zero-order chi connectivity index (χ0) is 16.5. The molecule has 1 aliphatic rings. The third-order valence-corrected chi connectivity index (χ3v) is 5.00. The van der Waals surface area contributed by atoms with Crippen molar-refractivity contribution in [2.45, 2.75) is 45.7 Å². The van der Waals surface area contributed by atoms with Gasteiger partial charge in [-0.3, -0.25) is 9.89 Å². The molecule has 0 saturated heterocycles. The van der Waals surface area contributed by atoms with Crippen LogP contribution in [-0.4, -0.2) is 43.1 Å². The molecule has 4 nitrogen and oxygen atoms in total. The molecule has 0 spiro atoms. The smallest absolute Gasteiger partial charge is 0.191 e. The van der Waals surface area contributed by atoms with Crippen LogP contribution in [0, 0.1) is 0 Å². The zero-order valence-corrected chi connectivity index (χ0v) is 15.4. The largest absolute Gasteiger partial charge is 0.357 e. The van der Waals surface area contributed by atoms with Crippen molar-refractivity contribution in [2.24, 2.45) is 4.99 Å². The quantitative estimate of drug-likeness (QED) is 0.435. The molecule has 1 aromatic heterocycles. The average Bonchev–Trinajstić information content (AvgIpc) is 3.25. The van der Waals surface area contributed by atoms with Crippen LogP contribution in [0.15, 0.2) is 34.0 Å². The summed E-state index contributed by atoms with van der Waals surface area (Å²) in [6.45, 7) is 10.3. The summed E-state index contributed by atoms with van der Waals surface area (Å²) in [6, 6.07) is 3.07. The Labute approximate surface area is 144 Å². The summed E-state index contributed by atoms with van der Waals surface area (Å²) in [5.74, 6) is 0.939. The lowest BCUT2D eigenvalue weighted by Gasteiger charge is -2.28. The SMILES string of the molecule is CCNC(=NCC(c1ccsc1)N(CC)CC)NC1CC=CC1. The van der Waals surface area contributed by atoms with Crippen LogP contribution in [0.5, 0.6) is 0 Å². The molecule has 0 aromatic carbocycles. The van der Waals surface area contributed by atoms with Gasteiger partial charge in [-0.15, -0.1) is 0 Å². The van der Waals surface area contributed by atoms with Gasteiger partial charge in [0.2, 0.25) is 0 Å². The molecule has 128 valence electrons. The molecule has 1 aromatic rings. The van der Waals surface area contributed by atoms with Crippen molar-refractivity contribution in [1.82, 2.24) is 15.5 Å². The molecule has 1 heterocycles. The van der Waals surface area contributed by atoms with E-state index >= 15 is 0 Å². The highest BCUT2D eigenvalue weighted by Crippen LogP contribution is 2.23. The number of thiophene rings is 1. The highest BCUT2D eigenvalue weighted by molar-refractivity contribution is 7.07. The molecule has 0 bridgehead atoms. The third-order valence-electron chi connectivity index (χ3n) is 4.30. The third kappa shape index (κ3) is 5.36. The van der Waals surface area contributed by atoms with Gasteiger partial charge in [-0.05, 0) is 55.2 Å². The monoisotopic (exact) mass is 334 g/mol. The first-order chi connectivity index (χ1) is 11.3. The standard InChI is InChI=1S/C18H30N4S/c1-4-19-18(21-16-9-7-8-10-16)20-13-17(22(5-2)6-3)15-11-12-23-14-15/h7-8,11-12,14,16-17H,4-6,9-10,13H2,1-3H3,(H2,19,20,21). The van der Waals surface area contributed by atoms with Crippen LogP contribution in [0.1, 0.15) is 45.2 Å². The molecular formula is C18H30N4S. The van der Waals surface area contributed by atoms with Gasteiger partial charge in [0.05, 0.1) is 12.6 Å². The molecule has 0 saturated carbocycles. The van der Waals surface area contributed by atoms with E-state index in [4.69, 9.17) is 4.99 Å². The highest BCUT2D eigenvalue weighted by Gasteiger charge is 2.19. The van der Waals surface area contributed by atoms with Crippen molar-refractivity contribution in [3.8, 4) is 0 Å². The fourth-order valence-corrected chi connectivity index (χ4v) is 3.69. The number of aliphatic imine (C=N–C) groups is 1. The number of nitrogens with one attached hydrogen (secondary N) is 2. The molecule has 23 heavy (non-hydrogen) atoms. The second-order valence-corrected chi connectivity index (χ2v) is 6.58. The van der Waals surface area contributed by atoms with E-state index in [0.717, 1.165) is 45.0 Å². The molecule has 1 atom stereocenters. The number of likely N-dealkylation sites (N-methyl/N-ethyl adjacent to an activating group) is 1. The lowest BCUT2D eigenvalue weighted by atomic mass is 10.1. The van der Waals surface area contributed by atoms with Gasteiger partial charge in [0.15, 0.2) is 5.96 Å². The minimum Gasteiger partial charge on any atom is -0.357 e. The van der Waals surface area contributed by atoms with E-state index in [2.05, 4.69) is 65.3 Å². The topological polar surface area (TPSA) is 39.7 Å². The molecule has 1 aliphatic carbocycles. The van der Waals surface area contributed by atoms with Crippen molar-refractivity contribution in [1.29, 1.82) is 0 Å². The molecular weight excluding hydrogens is 304 g/mol. The van der Waals surface area contributed by atoms with E-state index < -0.39 is 0 Å². The van der Waals surface area contributed by atoms with Gasteiger partial charge < -0.3 is 10.6 Å². The van der Waals surface area contributed by atoms with E-state index in [0.29, 0.717) is 12.1 Å². The van der Waals surface area contributed by atoms with E-state index in [1.165, 1.54) is 5.56 Å². The van der Waals surface area contributed by atoms with E-state index in [-0.39, 0.29) is 0 Å². The van der Waals surface area contributed by atoms with Crippen LogP contribution in [0.3, 0.4) is 0 Å². The molecule has 5 heteroatoms. The van der Waals surface area contributed by atoms with Crippen LogP contribution in [0.2, 0.25) is 0 Å². The minimum atomic E-state index is 0.355. The molecule has 2 N–H and O–H groups in total. The number of nitrogens with zero attached hydrogens (tertiary/aromatic N) is 2. The van der Waals surface area contributed by atoms with Gasteiger partial charge in [0, 0.05) is 12.6 Å². The van der Waals surface area contributed by atoms with Crippen molar-refractivity contribution < 1.29 is 0 Å². The predicted octanol–water partition coefficient (Wildman–Crippen LogP) is 3.40. The molecule has 0 radical (unpaired) electrons. The summed E-state index contributed by atoms with van der Waals surface area (Å²) < 4.78 is 0. The Morgan fingerprint density at radius 1 is 1.30 bits per heavy atom. The Kier molecular flexibility index (Phi) is 7.62. The van der Waals surface area contributed by atoms with Gasteiger partial charge in [0.1, 0.15) is 0 Å². The molecule has 2 rings (SSSR count). The fraction of sp³-hybridized carbons (Fsp3) is 0.611. The van der Waals surface area contributed by atoms with Gasteiger partial charge in [-0.2, -0.15) is 11.3 Å². The van der Waals surface area contributed by atoms with Crippen LogP contribution < -0.4 is 10.6 Å². The van der Waals surface area contributed by atoms with Gasteiger partial charge in [0.25, 0.3) is 0 Å². The highest BCUT2D eigenvalue weighted by atomic mass is 32.1. The van der Waals surface area contributed by atoms with Crippen LogP contribution in [0.4, 0.5) is 0 Å². The summed E-state index contributed by atoms with van der Waals surface area (Å²) in [6.07, 6.45) is 6.67. The Hall–Kier alpha value is -1.33. The van der Waals surface area contributed by atoms with Crippen molar-refractivity contribution >= 4 is 17.3 Å². The summed E-state index contributed by atoms with van der Waals surface area (Å²) >= 11 is 1.76. The fourth-order valence-electron chi connectivity index (χ4n) is 2.99. The molecule has 0 fully saturated rings. The van der Waals surface area contributed by atoms with Crippen molar-refractivity contribution in [2.75, 3.05) is 26.2 Å². The van der Waals surface area contributed by atoms with E-state index in [1.54, 1.807) is 11.3 Å². The van der Waals surface area contributed by atoms with E-state index in [9.17, 15) is 0 Å². The molecule has 1 unspecified atom stereocenters. The normalized spacial score (nSPS) is 17.0. The Balaban J connectivity index is 2.05. The van der Waals surface area contributed by atoms with Crippen LogP contribution >= 0.6 is 11.3 Å². The van der Waals surface area contributed by atoms with E-state index in [1.807, 2.05) is 0 Å². The van der Waals surface area contributed by atoms with Crippen molar-refractivity contribution in [3.05, 3.63) is 34.5 Å². The zero-order valence-electron chi connectivity index (χ0n) is 14.6. The first kappa shape index (κ1) is 18.0. The summed E-state index contributed by atoms with van der Waals surface area (Å²) in [7, 11) is 0. The Bertz CT molecular complexity index is 483. The predicted molar refractivity (Wildman–Crippen MR) is 101 cm³/mol.